The van der Waals surface area contributed by atoms with Crippen LogP contribution in [0.1, 0.15) is 37.7 Å². The monoisotopic (exact) mass is 309 g/mol. The van der Waals surface area contributed by atoms with Crippen LogP contribution in [0, 0.1) is 6.92 Å². The SMILES string of the molecule is CCn1nc(C)c2nc(CCl)n(CCCN3CCCC3)c21. The Labute approximate surface area is 130 Å². The van der Waals surface area contributed by atoms with Crippen molar-refractivity contribution in [2.24, 2.45) is 0 Å². The molecule has 0 saturated carbocycles. The highest BCUT2D eigenvalue weighted by Crippen LogP contribution is 2.21. The molecule has 116 valence electrons. The smallest absolute Gasteiger partial charge is 0.158 e. The number of hydrogen-bond acceptors (Lipinski definition) is 3. The van der Waals surface area contributed by atoms with Gasteiger partial charge in [-0.15, -0.1) is 11.6 Å². The predicted octanol–water partition coefficient (Wildman–Crippen LogP) is 2.79. The normalized spacial score (nSPS) is 16.3. The van der Waals surface area contributed by atoms with E-state index >= 15 is 0 Å². The van der Waals surface area contributed by atoms with Gasteiger partial charge in [-0.1, -0.05) is 0 Å². The summed E-state index contributed by atoms with van der Waals surface area (Å²) in [5, 5.41) is 4.57. The molecule has 0 aromatic carbocycles. The fraction of sp³-hybridized carbons (Fsp3) is 0.733. The molecule has 0 spiro atoms. The van der Waals surface area contributed by atoms with Crippen LogP contribution in [0.4, 0.5) is 0 Å². The highest BCUT2D eigenvalue weighted by Gasteiger charge is 2.18. The molecule has 0 N–H and O–H groups in total. The third-order valence-electron chi connectivity index (χ3n) is 4.35. The second-order valence-corrected chi connectivity index (χ2v) is 6.06. The van der Waals surface area contributed by atoms with Crippen LogP contribution in [-0.4, -0.2) is 43.9 Å². The van der Waals surface area contributed by atoms with E-state index in [2.05, 4.69) is 26.5 Å². The van der Waals surface area contributed by atoms with E-state index in [-0.39, 0.29) is 0 Å². The molecular formula is C15H24ClN5. The molecule has 1 aliphatic heterocycles. The van der Waals surface area contributed by atoms with Gasteiger partial charge in [0.2, 0.25) is 0 Å². The highest BCUT2D eigenvalue weighted by molar-refractivity contribution is 6.16. The molecule has 3 heterocycles. The minimum absolute atomic E-state index is 0.460. The van der Waals surface area contributed by atoms with Crippen LogP contribution in [0.25, 0.3) is 11.2 Å². The van der Waals surface area contributed by atoms with Crippen molar-refractivity contribution in [3.05, 3.63) is 11.5 Å². The number of rotatable bonds is 6. The second kappa shape index (κ2) is 6.36. The van der Waals surface area contributed by atoms with Crippen LogP contribution < -0.4 is 0 Å². The van der Waals surface area contributed by atoms with Crippen molar-refractivity contribution in [1.82, 2.24) is 24.2 Å². The molecule has 0 atom stereocenters. The predicted molar refractivity (Wildman–Crippen MR) is 85.8 cm³/mol. The summed E-state index contributed by atoms with van der Waals surface area (Å²) in [5.74, 6) is 1.43. The number of fused-ring (bicyclic) bond motifs is 1. The Bertz CT molecular complexity index is 609. The van der Waals surface area contributed by atoms with Gasteiger partial charge in [-0.25, -0.2) is 9.67 Å². The first-order chi connectivity index (χ1) is 10.2. The number of imidazole rings is 1. The summed E-state index contributed by atoms with van der Waals surface area (Å²) >= 11 is 6.09. The van der Waals surface area contributed by atoms with Gasteiger partial charge in [0.1, 0.15) is 11.3 Å². The third kappa shape index (κ3) is 2.81. The summed E-state index contributed by atoms with van der Waals surface area (Å²) in [6, 6.07) is 0. The Balaban J connectivity index is 1.81. The van der Waals surface area contributed by atoms with Crippen LogP contribution in [0.3, 0.4) is 0 Å². The van der Waals surface area contributed by atoms with Gasteiger partial charge in [0.15, 0.2) is 5.65 Å². The molecule has 1 fully saturated rings. The Hall–Kier alpha value is -1.07. The number of hydrogen-bond donors (Lipinski definition) is 0. The molecular weight excluding hydrogens is 286 g/mol. The van der Waals surface area contributed by atoms with Gasteiger partial charge in [0.25, 0.3) is 0 Å². The molecule has 0 unspecified atom stereocenters. The van der Waals surface area contributed by atoms with Gasteiger partial charge >= 0.3 is 0 Å². The van der Waals surface area contributed by atoms with Crippen LogP contribution in [0.2, 0.25) is 0 Å². The molecule has 6 heteroatoms. The van der Waals surface area contributed by atoms with E-state index < -0.39 is 0 Å². The van der Waals surface area contributed by atoms with Crippen molar-refractivity contribution >= 4 is 22.8 Å². The van der Waals surface area contributed by atoms with E-state index in [1.165, 1.54) is 32.5 Å². The van der Waals surface area contributed by atoms with Crippen LogP contribution in [0.15, 0.2) is 0 Å². The first-order valence-electron chi connectivity index (χ1n) is 7.95. The third-order valence-corrected chi connectivity index (χ3v) is 4.59. The lowest BCUT2D eigenvalue weighted by Crippen LogP contribution is -2.22. The first-order valence-corrected chi connectivity index (χ1v) is 8.49. The van der Waals surface area contributed by atoms with E-state index in [1.54, 1.807) is 0 Å². The van der Waals surface area contributed by atoms with Gasteiger partial charge in [0, 0.05) is 13.1 Å². The average Bonchev–Trinajstić information content (AvgIpc) is 3.17. The zero-order valence-electron chi connectivity index (χ0n) is 13.0. The Morgan fingerprint density at radius 1 is 1.19 bits per heavy atom. The lowest BCUT2D eigenvalue weighted by atomic mass is 10.3. The number of nitrogens with zero attached hydrogens (tertiary/aromatic N) is 5. The maximum Gasteiger partial charge on any atom is 0.158 e. The van der Waals surface area contributed by atoms with Crippen molar-refractivity contribution in [3.8, 4) is 0 Å². The largest absolute Gasteiger partial charge is 0.312 e. The van der Waals surface area contributed by atoms with Crippen LogP contribution in [0.5, 0.6) is 0 Å². The molecule has 2 aromatic heterocycles. The Kier molecular flexibility index (Phi) is 4.50. The molecule has 5 nitrogen and oxygen atoms in total. The fourth-order valence-electron chi connectivity index (χ4n) is 3.29. The maximum absolute atomic E-state index is 6.09. The van der Waals surface area contributed by atoms with Gasteiger partial charge in [-0.2, -0.15) is 5.10 Å². The topological polar surface area (TPSA) is 38.9 Å². The van der Waals surface area contributed by atoms with E-state index in [4.69, 9.17) is 11.6 Å². The standard InChI is InChI=1S/C15H24ClN5/c1-3-21-15-14(12(2)18-21)17-13(11-16)20(15)10-6-9-19-7-4-5-8-19/h3-11H2,1-2H3. The van der Waals surface area contributed by atoms with Gasteiger partial charge in [-0.3, -0.25) is 0 Å². The molecule has 21 heavy (non-hydrogen) atoms. The molecule has 0 aliphatic carbocycles. The van der Waals surface area contributed by atoms with Gasteiger partial charge in [0.05, 0.1) is 11.6 Å². The lowest BCUT2D eigenvalue weighted by Gasteiger charge is -2.15. The summed E-state index contributed by atoms with van der Waals surface area (Å²) in [6.45, 7) is 9.66. The summed E-state index contributed by atoms with van der Waals surface area (Å²) in [6.07, 6.45) is 3.84. The van der Waals surface area contributed by atoms with Crippen molar-refractivity contribution in [3.63, 3.8) is 0 Å². The summed E-state index contributed by atoms with van der Waals surface area (Å²) in [7, 11) is 0. The number of aryl methyl sites for hydroxylation is 3. The Morgan fingerprint density at radius 2 is 1.95 bits per heavy atom. The van der Waals surface area contributed by atoms with E-state index in [1.807, 2.05) is 11.6 Å². The number of likely N-dealkylation sites (tertiary alicyclic amines) is 1. The highest BCUT2D eigenvalue weighted by atomic mass is 35.5. The number of halogens is 1. The minimum Gasteiger partial charge on any atom is -0.312 e. The fourth-order valence-corrected chi connectivity index (χ4v) is 3.49. The molecule has 1 saturated heterocycles. The number of alkyl halides is 1. The summed E-state index contributed by atoms with van der Waals surface area (Å²) < 4.78 is 4.31. The van der Waals surface area contributed by atoms with Crippen molar-refractivity contribution in [2.75, 3.05) is 19.6 Å². The zero-order valence-corrected chi connectivity index (χ0v) is 13.7. The van der Waals surface area contributed by atoms with Crippen LogP contribution >= 0.6 is 11.6 Å². The molecule has 0 radical (unpaired) electrons. The summed E-state index contributed by atoms with van der Waals surface area (Å²) in [4.78, 5) is 7.24. The van der Waals surface area contributed by atoms with E-state index in [9.17, 15) is 0 Å². The quantitative estimate of drug-likeness (QED) is 0.770. The molecule has 1 aliphatic rings. The van der Waals surface area contributed by atoms with Gasteiger partial charge < -0.3 is 9.47 Å². The second-order valence-electron chi connectivity index (χ2n) is 5.79. The van der Waals surface area contributed by atoms with E-state index in [0.29, 0.717) is 5.88 Å². The van der Waals surface area contributed by atoms with Gasteiger partial charge in [-0.05, 0) is 52.7 Å². The first kappa shape index (κ1) is 14.9. The van der Waals surface area contributed by atoms with Crippen molar-refractivity contribution < 1.29 is 0 Å². The Morgan fingerprint density at radius 3 is 2.62 bits per heavy atom. The zero-order chi connectivity index (χ0) is 14.8. The average molecular weight is 310 g/mol. The van der Waals surface area contributed by atoms with E-state index in [0.717, 1.165) is 42.2 Å². The molecule has 2 aromatic rings. The lowest BCUT2D eigenvalue weighted by molar-refractivity contribution is 0.325. The van der Waals surface area contributed by atoms with Crippen molar-refractivity contribution in [1.29, 1.82) is 0 Å². The number of aromatic nitrogens is 4. The molecule has 3 rings (SSSR count). The van der Waals surface area contributed by atoms with Crippen molar-refractivity contribution in [2.45, 2.75) is 52.1 Å². The summed E-state index contributed by atoms with van der Waals surface area (Å²) in [5.41, 5.74) is 3.14. The minimum atomic E-state index is 0.460. The van der Waals surface area contributed by atoms with Crippen LogP contribution in [-0.2, 0) is 19.0 Å². The molecule has 0 amide bonds. The molecule has 0 bridgehead atoms. The maximum atomic E-state index is 6.09.